The third-order valence-corrected chi connectivity index (χ3v) is 4.77. The highest BCUT2D eigenvalue weighted by molar-refractivity contribution is 5.90. The van der Waals surface area contributed by atoms with Gasteiger partial charge in [-0.25, -0.2) is 9.87 Å². The molecule has 0 saturated carbocycles. The van der Waals surface area contributed by atoms with E-state index < -0.39 is 5.91 Å². The van der Waals surface area contributed by atoms with Gasteiger partial charge < -0.3 is 10.1 Å². The molecule has 3 aromatic rings. The van der Waals surface area contributed by atoms with E-state index in [0.29, 0.717) is 13.1 Å². The van der Waals surface area contributed by atoms with E-state index in [0.717, 1.165) is 40.6 Å². The Bertz CT molecular complexity index is 983. The van der Waals surface area contributed by atoms with E-state index in [9.17, 15) is 14.3 Å². The maximum atomic E-state index is 13.6. The summed E-state index contributed by atoms with van der Waals surface area (Å²) in [4.78, 5) is 16.3. The van der Waals surface area contributed by atoms with Crippen LogP contribution in [0.1, 0.15) is 16.7 Å². The predicted octanol–water partition coefficient (Wildman–Crippen LogP) is 2.86. The number of nitrogens with one attached hydrogen (secondary N) is 2. The summed E-state index contributed by atoms with van der Waals surface area (Å²) in [5, 5.41) is 18.8. The molecule has 29 heavy (non-hydrogen) atoms. The van der Waals surface area contributed by atoms with Crippen LogP contribution in [0.5, 0.6) is 0 Å². The van der Waals surface area contributed by atoms with Crippen molar-refractivity contribution in [2.24, 2.45) is 0 Å². The van der Waals surface area contributed by atoms with E-state index in [1.54, 1.807) is 23.7 Å². The molecule has 152 valence electrons. The van der Waals surface area contributed by atoms with Crippen molar-refractivity contribution in [2.75, 3.05) is 19.7 Å². The van der Waals surface area contributed by atoms with Crippen LogP contribution in [-0.2, 0) is 17.8 Å². The van der Waals surface area contributed by atoms with Crippen LogP contribution >= 0.6 is 0 Å². The first-order valence-electron chi connectivity index (χ1n) is 9.39. The van der Waals surface area contributed by atoms with Crippen LogP contribution in [0, 0.1) is 5.82 Å². The summed E-state index contributed by atoms with van der Waals surface area (Å²) in [6, 6.07) is 12.4. The number of carbonyl (C=O) groups is 1. The molecular weight excluding hydrogens is 373 g/mol. The molecule has 0 unspecified atom stereocenters. The predicted molar refractivity (Wildman–Crippen MR) is 110 cm³/mol. The van der Waals surface area contributed by atoms with E-state index in [-0.39, 0.29) is 12.4 Å². The van der Waals surface area contributed by atoms with Crippen LogP contribution in [-0.4, -0.2) is 45.8 Å². The van der Waals surface area contributed by atoms with E-state index in [1.807, 2.05) is 30.5 Å². The Morgan fingerprint density at radius 2 is 1.97 bits per heavy atom. The maximum absolute atomic E-state index is 13.6. The lowest BCUT2D eigenvalue weighted by Crippen LogP contribution is -2.28. The van der Waals surface area contributed by atoms with E-state index in [2.05, 4.69) is 9.88 Å². The van der Waals surface area contributed by atoms with Crippen molar-refractivity contribution < 1.29 is 19.5 Å². The lowest BCUT2D eigenvalue weighted by molar-refractivity contribution is -0.124. The second kappa shape index (κ2) is 9.97. The van der Waals surface area contributed by atoms with Crippen molar-refractivity contribution in [3.63, 3.8) is 0 Å². The molecule has 1 heterocycles. The smallest absolute Gasteiger partial charge is 0.267 e. The van der Waals surface area contributed by atoms with Crippen molar-refractivity contribution in [3.8, 4) is 0 Å². The fourth-order valence-corrected chi connectivity index (χ4v) is 3.25. The second-order valence-electron chi connectivity index (χ2n) is 6.80. The standard InChI is InChI=1S/C22H24FN3O3/c23-19-6-7-21-20(13-19)18(14-24-21)9-10-26(11-12-27)15-17-3-1-16(2-4-17)5-8-22(28)25-29/h1-8,13-14,24,27,29H,9-12,15H2,(H,25,28)/b8-5+. The van der Waals surface area contributed by atoms with Gasteiger partial charge in [0.25, 0.3) is 5.91 Å². The molecular formula is C22H24FN3O3. The molecule has 3 rings (SSSR count). The molecule has 0 bridgehead atoms. The fourth-order valence-electron chi connectivity index (χ4n) is 3.25. The third kappa shape index (κ3) is 5.74. The van der Waals surface area contributed by atoms with Gasteiger partial charge in [-0.2, -0.15) is 0 Å². The number of benzene rings is 2. The summed E-state index contributed by atoms with van der Waals surface area (Å²) >= 11 is 0. The molecule has 0 saturated heterocycles. The zero-order chi connectivity index (χ0) is 20.6. The molecule has 0 radical (unpaired) electrons. The maximum Gasteiger partial charge on any atom is 0.267 e. The number of H-pyrrole nitrogens is 1. The molecule has 7 heteroatoms. The van der Waals surface area contributed by atoms with Crippen LogP contribution in [0.15, 0.2) is 54.7 Å². The zero-order valence-corrected chi connectivity index (χ0v) is 15.9. The van der Waals surface area contributed by atoms with Gasteiger partial charge in [-0.15, -0.1) is 0 Å². The number of aliphatic hydroxyl groups excluding tert-OH is 1. The SMILES string of the molecule is O=C(/C=C/c1ccc(CN(CCO)CCc2c[nH]c3ccc(F)cc23)cc1)NO. The topological polar surface area (TPSA) is 88.6 Å². The summed E-state index contributed by atoms with van der Waals surface area (Å²) in [5.74, 6) is -0.837. The normalized spacial score (nSPS) is 11.6. The van der Waals surface area contributed by atoms with Gasteiger partial charge in [0.2, 0.25) is 0 Å². The number of aromatic nitrogens is 1. The molecule has 6 nitrogen and oxygen atoms in total. The number of fused-ring (bicyclic) bond motifs is 1. The van der Waals surface area contributed by atoms with Gasteiger partial charge in [0.15, 0.2) is 0 Å². The monoisotopic (exact) mass is 397 g/mol. The Labute approximate surface area is 168 Å². The first-order valence-corrected chi connectivity index (χ1v) is 9.39. The first-order chi connectivity index (χ1) is 14.1. The minimum atomic E-state index is -0.583. The molecule has 2 aromatic carbocycles. The lowest BCUT2D eigenvalue weighted by Gasteiger charge is -2.21. The van der Waals surface area contributed by atoms with Crippen molar-refractivity contribution in [2.45, 2.75) is 13.0 Å². The van der Waals surface area contributed by atoms with E-state index in [4.69, 9.17) is 5.21 Å². The van der Waals surface area contributed by atoms with Crippen molar-refractivity contribution >= 4 is 22.9 Å². The number of aliphatic hydroxyl groups is 1. The van der Waals surface area contributed by atoms with Crippen LogP contribution in [0.4, 0.5) is 4.39 Å². The highest BCUT2D eigenvalue weighted by atomic mass is 19.1. The van der Waals surface area contributed by atoms with Gasteiger partial charge in [0, 0.05) is 42.8 Å². The molecule has 4 N–H and O–H groups in total. The van der Waals surface area contributed by atoms with Gasteiger partial charge >= 0.3 is 0 Å². The third-order valence-electron chi connectivity index (χ3n) is 4.77. The summed E-state index contributed by atoms with van der Waals surface area (Å²) in [6.07, 6.45) is 5.50. The van der Waals surface area contributed by atoms with Crippen LogP contribution in [0.25, 0.3) is 17.0 Å². The van der Waals surface area contributed by atoms with Gasteiger partial charge in [-0.3, -0.25) is 14.9 Å². The molecule has 1 amide bonds. The van der Waals surface area contributed by atoms with Crippen LogP contribution in [0.3, 0.4) is 0 Å². The van der Waals surface area contributed by atoms with Gasteiger partial charge in [0.1, 0.15) is 5.82 Å². The summed E-state index contributed by atoms with van der Waals surface area (Å²) in [7, 11) is 0. The molecule has 1 aromatic heterocycles. The lowest BCUT2D eigenvalue weighted by atomic mass is 10.1. The van der Waals surface area contributed by atoms with Gasteiger partial charge in [-0.05, 0) is 47.4 Å². The number of amides is 1. The highest BCUT2D eigenvalue weighted by Crippen LogP contribution is 2.20. The molecule has 0 spiro atoms. The van der Waals surface area contributed by atoms with Crippen LogP contribution < -0.4 is 5.48 Å². The average Bonchev–Trinajstić information content (AvgIpc) is 3.13. The second-order valence-corrected chi connectivity index (χ2v) is 6.80. The number of nitrogens with zero attached hydrogens (tertiary/aromatic N) is 1. The Morgan fingerprint density at radius 3 is 2.69 bits per heavy atom. The fraction of sp³-hybridized carbons (Fsp3) is 0.227. The van der Waals surface area contributed by atoms with Gasteiger partial charge in [0.05, 0.1) is 6.61 Å². The molecule has 0 atom stereocenters. The van der Waals surface area contributed by atoms with Crippen molar-refractivity contribution in [1.82, 2.24) is 15.4 Å². The highest BCUT2D eigenvalue weighted by Gasteiger charge is 2.09. The Balaban J connectivity index is 1.63. The Hall–Kier alpha value is -3.00. The summed E-state index contributed by atoms with van der Waals surface area (Å²) in [5.41, 5.74) is 5.42. The van der Waals surface area contributed by atoms with Crippen molar-refractivity contribution in [1.29, 1.82) is 0 Å². The number of aromatic amines is 1. The minimum absolute atomic E-state index is 0.0552. The number of halogens is 1. The molecule has 0 aliphatic rings. The van der Waals surface area contributed by atoms with Crippen LogP contribution in [0.2, 0.25) is 0 Å². The molecule has 0 aliphatic heterocycles. The summed E-state index contributed by atoms with van der Waals surface area (Å²) < 4.78 is 13.6. The average molecular weight is 397 g/mol. The largest absolute Gasteiger partial charge is 0.395 e. The number of hydrogen-bond acceptors (Lipinski definition) is 4. The molecule has 0 aliphatic carbocycles. The quantitative estimate of drug-likeness (QED) is 0.254. The Kier molecular flexibility index (Phi) is 7.13. The Morgan fingerprint density at radius 1 is 1.17 bits per heavy atom. The van der Waals surface area contributed by atoms with E-state index >= 15 is 0 Å². The van der Waals surface area contributed by atoms with E-state index in [1.165, 1.54) is 12.1 Å². The summed E-state index contributed by atoms with van der Waals surface area (Å²) in [6.45, 7) is 1.98. The number of rotatable bonds is 9. The number of carbonyl (C=O) groups excluding carboxylic acids is 1. The number of hydrogen-bond donors (Lipinski definition) is 4. The first kappa shape index (κ1) is 20.7. The minimum Gasteiger partial charge on any atom is -0.395 e. The van der Waals surface area contributed by atoms with Crippen molar-refractivity contribution in [3.05, 3.63) is 77.2 Å². The number of hydroxylamine groups is 1. The van der Waals surface area contributed by atoms with Gasteiger partial charge in [-0.1, -0.05) is 24.3 Å². The molecule has 0 fully saturated rings. The zero-order valence-electron chi connectivity index (χ0n) is 15.9.